The Balaban J connectivity index is 1.82. The molecule has 0 spiro atoms. The molecule has 0 saturated heterocycles. The van der Waals surface area contributed by atoms with Gasteiger partial charge in [-0.3, -0.25) is 9.59 Å². The molecule has 0 atom stereocenters. The Morgan fingerprint density at radius 1 is 0.793 bits per heavy atom. The molecular formula is C24H19FN2O2. The van der Waals surface area contributed by atoms with Gasteiger partial charge in [-0.1, -0.05) is 42.5 Å². The summed E-state index contributed by atoms with van der Waals surface area (Å²) in [5, 5.41) is 3.13. The van der Waals surface area contributed by atoms with Gasteiger partial charge in [-0.15, -0.1) is 0 Å². The predicted octanol–water partition coefficient (Wildman–Crippen LogP) is 4.84. The van der Waals surface area contributed by atoms with E-state index in [0.29, 0.717) is 11.3 Å². The maximum atomic E-state index is 13.7. The minimum atomic E-state index is -0.516. The van der Waals surface area contributed by atoms with Crippen LogP contribution in [0.3, 0.4) is 0 Å². The van der Waals surface area contributed by atoms with E-state index in [1.54, 1.807) is 30.3 Å². The highest BCUT2D eigenvalue weighted by atomic mass is 19.1. The van der Waals surface area contributed by atoms with E-state index in [1.807, 2.05) is 38.1 Å². The maximum Gasteiger partial charge on any atom is 0.282 e. The minimum absolute atomic E-state index is 0.175. The molecule has 0 bridgehead atoms. The molecule has 4 rings (SSSR count). The number of anilines is 2. The molecule has 1 aliphatic heterocycles. The number of carbonyl (C=O) groups is 2. The summed E-state index contributed by atoms with van der Waals surface area (Å²) in [6.45, 7) is 3.98. The first kappa shape index (κ1) is 18.6. The average Bonchev–Trinajstić information content (AvgIpc) is 2.95. The van der Waals surface area contributed by atoms with Crippen LogP contribution in [0.25, 0.3) is 5.57 Å². The number of amides is 2. The average molecular weight is 386 g/mol. The van der Waals surface area contributed by atoms with Gasteiger partial charge in [0.25, 0.3) is 11.8 Å². The number of hydrogen-bond donors (Lipinski definition) is 1. The molecule has 3 aromatic carbocycles. The number of benzene rings is 3. The van der Waals surface area contributed by atoms with E-state index in [-0.39, 0.29) is 17.0 Å². The summed E-state index contributed by atoms with van der Waals surface area (Å²) in [4.78, 5) is 27.5. The number of rotatable bonds is 4. The van der Waals surface area contributed by atoms with Crippen molar-refractivity contribution in [2.24, 2.45) is 0 Å². The molecule has 5 heteroatoms. The Morgan fingerprint density at radius 3 is 2.24 bits per heavy atom. The Labute approximate surface area is 168 Å². The molecular weight excluding hydrogens is 367 g/mol. The second-order valence-corrected chi connectivity index (χ2v) is 6.97. The highest BCUT2D eigenvalue weighted by Crippen LogP contribution is 2.34. The molecule has 1 aliphatic rings. The fourth-order valence-corrected chi connectivity index (χ4v) is 3.33. The summed E-state index contributed by atoms with van der Waals surface area (Å²) in [6.07, 6.45) is 0. The van der Waals surface area contributed by atoms with Gasteiger partial charge in [0, 0.05) is 5.69 Å². The van der Waals surface area contributed by atoms with Gasteiger partial charge in [0.15, 0.2) is 0 Å². The van der Waals surface area contributed by atoms with Gasteiger partial charge in [-0.05, 0) is 60.9 Å². The lowest BCUT2D eigenvalue weighted by atomic mass is 10.0. The van der Waals surface area contributed by atoms with E-state index in [9.17, 15) is 14.0 Å². The lowest BCUT2D eigenvalue weighted by molar-refractivity contribution is -0.120. The van der Waals surface area contributed by atoms with Gasteiger partial charge >= 0.3 is 0 Å². The molecule has 3 aromatic rings. The van der Waals surface area contributed by atoms with Crippen molar-refractivity contribution in [3.63, 3.8) is 0 Å². The van der Waals surface area contributed by atoms with Crippen molar-refractivity contribution in [3.8, 4) is 0 Å². The molecule has 1 heterocycles. The number of nitrogens with zero attached hydrogens (tertiary/aromatic N) is 1. The van der Waals surface area contributed by atoms with Crippen LogP contribution >= 0.6 is 0 Å². The Hall–Kier alpha value is -3.73. The molecule has 0 radical (unpaired) electrons. The molecule has 4 nitrogen and oxygen atoms in total. The fourth-order valence-electron chi connectivity index (χ4n) is 3.33. The standard InChI is InChI=1S/C24H19FN2O2/c1-15-11-12-19(13-16(15)2)26-22-21(17-7-4-3-5-8-17)23(28)27(24(22)29)20-10-6-9-18(25)14-20/h3-14,26H,1-2H3. The van der Waals surface area contributed by atoms with Crippen molar-refractivity contribution in [1.82, 2.24) is 0 Å². The number of hydrogen-bond acceptors (Lipinski definition) is 3. The zero-order chi connectivity index (χ0) is 20.5. The van der Waals surface area contributed by atoms with Gasteiger partial charge in [-0.2, -0.15) is 0 Å². The summed E-state index contributed by atoms with van der Waals surface area (Å²) in [5.74, 6) is -1.52. The minimum Gasteiger partial charge on any atom is -0.350 e. The van der Waals surface area contributed by atoms with Crippen LogP contribution in [0, 0.1) is 19.7 Å². The Bertz CT molecular complexity index is 1150. The van der Waals surface area contributed by atoms with Crippen LogP contribution in [0.5, 0.6) is 0 Å². The summed E-state index contributed by atoms with van der Waals surface area (Å²) in [5.41, 5.74) is 4.16. The molecule has 0 fully saturated rings. The third kappa shape index (κ3) is 3.43. The molecule has 2 amide bonds. The summed E-state index contributed by atoms with van der Waals surface area (Å²) in [7, 11) is 0. The Kier molecular flexibility index (Phi) is 4.72. The van der Waals surface area contributed by atoms with E-state index < -0.39 is 17.6 Å². The number of imide groups is 1. The van der Waals surface area contributed by atoms with Crippen LogP contribution in [-0.2, 0) is 9.59 Å². The number of aryl methyl sites for hydroxylation is 2. The molecule has 1 N–H and O–H groups in total. The van der Waals surface area contributed by atoms with Crippen molar-refractivity contribution in [2.75, 3.05) is 10.2 Å². The third-order valence-electron chi connectivity index (χ3n) is 4.99. The predicted molar refractivity (Wildman–Crippen MR) is 112 cm³/mol. The first-order chi connectivity index (χ1) is 14.0. The van der Waals surface area contributed by atoms with Crippen LogP contribution in [0.15, 0.2) is 78.5 Å². The van der Waals surface area contributed by atoms with Crippen LogP contribution in [-0.4, -0.2) is 11.8 Å². The Morgan fingerprint density at radius 2 is 1.55 bits per heavy atom. The van der Waals surface area contributed by atoms with E-state index in [4.69, 9.17) is 0 Å². The van der Waals surface area contributed by atoms with E-state index >= 15 is 0 Å². The first-order valence-electron chi connectivity index (χ1n) is 9.24. The molecule has 0 unspecified atom stereocenters. The molecule has 144 valence electrons. The molecule has 0 aromatic heterocycles. The lowest BCUT2D eigenvalue weighted by Crippen LogP contribution is -2.32. The summed E-state index contributed by atoms with van der Waals surface area (Å²) < 4.78 is 13.7. The molecule has 0 saturated carbocycles. The van der Waals surface area contributed by atoms with Crippen LogP contribution in [0.1, 0.15) is 16.7 Å². The van der Waals surface area contributed by atoms with Crippen molar-refractivity contribution < 1.29 is 14.0 Å². The van der Waals surface area contributed by atoms with E-state index in [2.05, 4.69) is 5.32 Å². The normalized spacial score (nSPS) is 14.0. The molecule has 0 aliphatic carbocycles. The van der Waals surface area contributed by atoms with E-state index in [0.717, 1.165) is 16.0 Å². The van der Waals surface area contributed by atoms with Gasteiger partial charge in [0.05, 0.1) is 11.3 Å². The monoisotopic (exact) mass is 386 g/mol. The highest BCUT2D eigenvalue weighted by molar-refractivity contribution is 6.46. The second kappa shape index (κ2) is 7.36. The van der Waals surface area contributed by atoms with Crippen molar-refractivity contribution >= 4 is 28.8 Å². The molecule has 29 heavy (non-hydrogen) atoms. The van der Waals surface area contributed by atoms with Crippen molar-refractivity contribution in [2.45, 2.75) is 13.8 Å². The van der Waals surface area contributed by atoms with Crippen LogP contribution in [0.2, 0.25) is 0 Å². The summed E-state index contributed by atoms with van der Waals surface area (Å²) in [6, 6.07) is 20.2. The fraction of sp³-hybridized carbons (Fsp3) is 0.0833. The van der Waals surface area contributed by atoms with Crippen LogP contribution in [0.4, 0.5) is 15.8 Å². The first-order valence-corrected chi connectivity index (χ1v) is 9.24. The number of carbonyl (C=O) groups excluding carboxylic acids is 2. The lowest BCUT2D eigenvalue weighted by Gasteiger charge is -2.15. The van der Waals surface area contributed by atoms with Gasteiger partial charge < -0.3 is 5.32 Å². The smallest absolute Gasteiger partial charge is 0.282 e. The zero-order valence-electron chi connectivity index (χ0n) is 16.1. The highest BCUT2D eigenvalue weighted by Gasteiger charge is 2.40. The van der Waals surface area contributed by atoms with Crippen molar-refractivity contribution in [1.29, 1.82) is 0 Å². The number of halogens is 1. The maximum absolute atomic E-state index is 13.7. The summed E-state index contributed by atoms with van der Waals surface area (Å²) >= 11 is 0. The SMILES string of the molecule is Cc1ccc(NC2=C(c3ccccc3)C(=O)N(c3cccc(F)c3)C2=O)cc1C. The topological polar surface area (TPSA) is 49.4 Å². The van der Waals surface area contributed by atoms with Gasteiger partial charge in [0.1, 0.15) is 11.5 Å². The quantitative estimate of drug-likeness (QED) is 0.653. The van der Waals surface area contributed by atoms with Gasteiger partial charge in [-0.25, -0.2) is 9.29 Å². The third-order valence-corrected chi connectivity index (χ3v) is 4.99. The van der Waals surface area contributed by atoms with Crippen LogP contribution < -0.4 is 10.2 Å². The second-order valence-electron chi connectivity index (χ2n) is 6.97. The zero-order valence-corrected chi connectivity index (χ0v) is 16.1. The van der Waals surface area contributed by atoms with Crippen molar-refractivity contribution in [3.05, 3.63) is 101 Å². The van der Waals surface area contributed by atoms with E-state index in [1.165, 1.54) is 18.2 Å². The van der Waals surface area contributed by atoms with Gasteiger partial charge in [0.2, 0.25) is 0 Å². The largest absolute Gasteiger partial charge is 0.350 e. The number of nitrogens with one attached hydrogen (secondary N) is 1.